The molecule has 0 fully saturated rings. The smallest absolute Gasteiger partial charge is 0.326 e. The molecule has 36 heavy (non-hydrogen) atoms. The first-order valence-corrected chi connectivity index (χ1v) is 12.0. The number of nitrogens with two attached hydrogens (primary N) is 1. The van der Waals surface area contributed by atoms with Crippen LogP contribution in [0.15, 0.2) is 30.3 Å². The fourth-order valence-corrected chi connectivity index (χ4v) is 3.53. The number of carboxylic acids is 2. The summed E-state index contributed by atoms with van der Waals surface area (Å²) in [7, 11) is 0. The highest BCUT2D eigenvalue weighted by atomic mass is 16.4. The summed E-state index contributed by atoms with van der Waals surface area (Å²) in [5, 5.41) is 26.1. The molecule has 0 aliphatic carbocycles. The minimum atomic E-state index is -1.48. The highest BCUT2D eigenvalue weighted by Gasteiger charge is 2.33. The van der Waals surface area contributed by atoms with Crippen LogP contribution in [0.5, 0.6) is 0 Å². The van der Waals surface area contributed by atoms with Crippen molar-refractivity contribution in [2.24, 2.45) is 17.6 Å². The molecule has 5 unspecified atom stereocenters. The van der Waals surface area contributed by atoms with Gasteiger partial charge in [0, 0.05) is 0 Å². The molecule has 0 spiro atoms. The van der Waals surface area contributed by atoms with Gasteiger partial charge in [-0.3, -0.25) is 19.2 Å². The van der Waals surface area contributed by atoms with Crippen LogP contribution in [-0.2, 0) is 30.4 Å². The number of carboxylic acid groups (broad SMARTS) is 2. The molecule has 3 amide bonds. The Labute approximate surface area is 211 Å². The Bertz CT molecular complexity index is 907. The monoisotopic (exact) mass is 506 g/mol. The van der Waals surface area contributed by atoms with Crippen LogP contribution in [0.3, 0.4) is 0 Å². The van der Waals surface area contributed by atoms with Gasteiger partial charge in [-0.2, -0.15) is 0 Å². The van der Waals surface area contributed by atoms with E-state index in [0.29, 0.717) is 6.42 Å². The lowest BCUT2D eigenvalue weighted by molar-refractivity contribution is -0.144. The minimum absolute atomic E-state index is 0.00158. The lowest BCUT2D eigenvalue weighted by Gasteiger charge is -2.28. The summed E-state index contributed by atoms with van der Waals surface area (Å²) in [4.78, 5) is 61.5. The number of hydrogen-bond acceptors (Lipinski definition) is 6. The Morgan fingerprint density at radius 1 is 0.861 bits per heavy atom. The van der Waals surface area contributed by atoms with E-state index in [-0.39, 0.29) is 18.8 Å². The van der Waals surface area contributed by atoms with Gasteiger partial charge >= 0.3 is 11.9 Å². The first-order valence-electron chi connectivity index (χ1n) is 12.0. The second-order valence-corrected chi connectivity index (χ2v) is 9.36. The lowest BCUT2D eigenvalue weighted by Crippen LogP contribution is -2.59. The Morgan fingerprint density at radius 2 is 1.44 bits per heavy atom. The van der Waals surface area contributed by atoms with Crippen molar-refractivity contribution < 1.29 is 34.2 Å². The van der Waals surface area contributed by atoms with Gasteiger partial charge in [0.15, 0.2) is 0 Å². The van der Waals surface area contributed by atoms with E-state index in [1.54, 1.807) is 38.1 Å². The number of amides is 3. The Kier molecular flexibility index (Phi) is 12.6. The Balaban J connectivity index is 2.99. The lowest BCUT2D eigenvalue weighted by atomic mass is 9.96. The van der Waals surface area contributed by atoms with Gasteiger partial charge in [-0.1, -0.05) is 64.4 Å². The topological polar surface area (TPSA) is 188 Å². The van der Waals surface area contributed by atoms with Crippen LogP contribution >= 0.6 is 0 Å². The molecule has 1 aromatic carbocycles. The Morgan fingerprint density at radius 3 is 1.94 bits per heavy atom. The molecular weight excluding hydrogens is 468 g/mol. The van der Waals surface area contributed by atoms with Crippen molar-refractivity contribution in [2.75, 3.05) is 0 Å². The molecule has 0 heterocycles. The van der Waals surface area contributed by atoms with Crippen molar-refractivity contribution in [1.29, 1.82) is 0 Å². The van der Waals surface area contributed by atoms with Gasteiger partial charge in [0.1, 0.15) is 18.1 Å². The molecule has 0 aromatic heterocycles. The van der Waals surface area contributed by atoms with E-state index in [2.05, 4.69) is 16.0 Å². The van der Waals surface area contributed by atoms with Gasteiger partial charge in [0.05, 0.1) is 12.5 Å². The highest BCUT2D eigenvalue weighted by molar-refractivity contribution is 5.95. The average molecular weight is 507 g/mol. The first-order chi connectivity index (χ1) is 16.8. The summed E-state index contributed by atoms with van der Waals surface area (Å²) in [5.74, 6) is -5.23. The van der Waals surface area contributed by atoms with Crippen molar-refractivity contribution in [3.8, 4) is 0 Å². The quantitative estimate of drug-likeness (QED) is 0.200. The predicted molar refractivity (Wildman–Crippen MR) is 133 cm³/mol. The summed E-state index contributed by atoms with van der Waals surface area (Å²) < 4.78 is 0. The van der Waals surface area contributed by atoms with E-state index < -0.39 is 66.2 Å². The van der Waals surface area contributed by atoms with Crippen molar-refractivity contribution in [2.45, 2.75) is 77.5 Å². The third-order valence-corrected chi connectivity index (χ3v) is 5.76. The molecule has 0 saturated heterocycles. The summed E-state index contributed by atoms with van der Waals surface area (Å²) in [6.07, 6.45) is 0.116. The number of carbonyl (C=O) groups excluding carboxylic acids is 3. The molecule has 1 aromatic rings. The van der Waals surface area contributed by atoms with Gasteiger partial charge in [-0.25, -0.2) is 4.79 Å². The van der Waals surface area contributed by atoms with Gasteiger partial charge in [0.2, 0.25) is 17.7 Å². The van der Waals surface area contributed by atoms with Crippen LogP contribution < -0.4 is 21.7 Å². The predicted octanol–water partition coefficient (Wildman–Crippen LogP) is 0.662. The molecule has 11 heteroatoms. The molecule has 0 bridgehead atoms. The minimum Gasteiger partial charge on any atom is -0.481 e. The van der Waals surface area contributed by atoms with Crippen LogP contribution in [0.1, 0.15) is 52.5 Å². The zero-order valence-corrected chi connectivity index (χ0v) is 21.2. The largest absolute Gasteiger partial charge is 0.481 e. The Hall–Kier alpha value is -3.47. The standard InChI is InChI=1S/C25H38N4O7/c1-5-15(4)21(24(34)28-19(25(35)36)11-14(2)3)29-23(33)18(13-20(30)31)27-22(32)17(26)12-16-9-7-6-8-10-16/h6-10,14-15,17-19,21H,5,11-13,26H2,1-4H3,(H,27,32)(H,28,34)(H,29,33)(H,30,31)(H,35,36). The SMILES string of the molecule is CCC(C)C(NC(=O)C(CC(=O)O)NC(=O)C(N)Cc1ccccc1)C(=O)NC(CC(C)C)C(=O)O. The number of hydrogen-bond donors (Lipinski definition) is 6. The third kappa shape index (κ3) is 10.4. The summed E-state index contributed by atoms with van der Waals surface area (Å²) in [6, 6.07) is 4.16. The zero-order valence-electron chi connectivity index (χ0n) is 21.2. The fraction of sp³-hybridized carbons (Fsp3) is 0.560. The summed E-state index contributed by atoms with van der Waals surface area (Å²) in [6.45, 7) is 7.12. The van der Waals surface area contributed by atoms with Gasteiger partial charge in [-0.05, 0) is 30.2 Å². The molecule has 11 nitrogen and oxygen atoms in total. The van der Waals surface area contributed by atoms with Crippen molar-refractivity contribution >= 4 is 29.7 Å². The summed E-state index contributed by atoms with van der Waals surface area (Å²) in [5.41, 5.74) is 6.75. The van der Waals surface area contributed by atoms with Gasteiger partial charge in [-0.15, -0.1) is 0 Å². The van der Waals surface area contributed by atoms with Crippen molar-refractivity contribution in [1.82, 2.24) is 16.0 Å². The van der Waals surface area contributed by atoms with E-state index in [0.717, 1.165) is 5.56 Å². The average Bonchev–Trinajstić information content (AvgIpc) is 2.80. The van der Waals surface area contributed by atoms with Crippen LogP contribution in [0, 0.1) is 11.8 Å². The van der Waals surface area contributed by atoms with Crippen molar-refractivity contribution in [3.05, 3.63) is 35.9 Å². The molecule has 200 valence electrons. The summed E-state index contributed by atoms with van der Waals surface area (Å²) >= 11 is 0. The van der Waals surface area contributed by atoms with E-state index in [1.807, 2.05) is 19.9 Å². The second kappa shape index (κ2) is 14.8. The maximum absolute atomic E-state index is 13.0. The fourth-order valence-electron chi connectivity index (χ4n) is 3.53. The zero-order chi connectivity index (χ0) is 27.4. The molecule has 5 atom stereocenters. The number of carbonyl (C=O) groups is 5. The maximum atomic E-state index is 13.0. The molecule has 1 rings (SSSR count). The highest BCUT2D eigenvalue weighted by Crippen LogP contribution is 2.12. The van der Waals surface area contributed by atoms with E-state index in [4.69, 9.17) is 5.73 Å². The van der Waals surface area contributed by atoms with Crippen LogP contribution in [0.4, 0.5) is 0 Å². The normalized spacial score (nSPS) is 15.2. The molecule has 0 radical (unpaired) electrons. The number of rotatable bonds is 15. The first kappa shape index (κ1) is 30.6. The second-order valence-electron chi connectivity index (χ2n) is 9.36. The molecule has 0 aliphatic heterocycles. The van der Waals surface area contributed by atoms with Gasteiger partial charge in [0.25, 0.3) is 0 Å². The molecule has 7 N–H and O–H groups in total. The number of nitrogens with one attached hydrogen (secondary N) is 3. The number of aliphatic carboxylic acids is 2. The number of benzene rings is 1. The maximum Gasteiger partial charge on any atom is 0.326 e. The molecule has 0 aliphatic rings. The van der Waals surface area contributed by atoms with Gasteiger partial charge < -0.3 is 31.9 Å². The molecular formula is C25H38N4O7. The molecule has 0 saturated carbocycles. The third-order valence-electron chi connectivity index (χ3n) is 5.76. The van der Waals surface area contributed by atoms with Crippen molar-refractivity contribution in [3.63, 3.8) is 0 Å². The van der Waals surface area contributed by atoms with E-state index >= 15 is 0 Å². The van der Waals surface area contributed by atoms with Crippen LogP contribution in [0.25, 0.3) is 0 Å². The van der Waals surface area contributed by atoms with Crippen LogP contribution in [0.2, 0.25) is 0 Å². The van der Waals surface area contributed by atoms with E-state index in [9.17, 15) is 34.2 Å². The van der Waals surface area contributed by atoms with E-state index in [1.165, 1.54) is 0 Å². The van der Waals surface area contributed by atoms with Crippen LogP contribution in [-0.4, -0.2) is 64.0 Å².